The normalized spacial score (nSPS) is 13.7. The average molecular weight is 431 g/mol. The Morgan fingerprint density at radius 3 is 2.67 bits per heavy atom. The predicted octanol–water partition coefficient (Wildman–Crippen LogP) is 4.19. The molecule has 0 spiro atoms. The van der Waals surface area contributed by atoms with Gasteiger partial charge in [-0.1, -0.05) is 23.7 Å². The van der Waals surface area contributed by atoms with Crippen LogP contribution in [0.4, 0.5) is 10.5 Å². The summed E-state index contributed by atoms with van der Waals surface area (Å²) >= 11 is 6.10. The van der Waals surface area contributed by atoms with Crippen molar-refractivity contribution in [1.82, 2.24) is 15.6 Å². The highest BCUT2D eigenvalue weighted by molar-refractivity contribution is 6.33. The van der Waals surface area contributed by atoms with Crippen LogP contribution in [0.1, 0.15) is 43.2 Å². The first-order chi connectivity index (χ1) is 14.5. The fraction of sp³-hybridized carbons (Fsp3) is 0.409. The van der Waals surface area contributed by atoms with E-state index in [9.17, 15) is 9.59 Å². The predicted molar refractivity (Wildman–Crippen MR) is 117 cm³/mol. The zero-order valence-electron chi connectivity index (χ0n) is 17.0. The summed E-state index contributed by atoms with van der Waals surface area (Å²) in [6.45, 7) is 2.48. The van der Waals surface area contributed by atoms with Gasteiger partial charge in [0.05, 0.1) is 10.7 Å². The number of halogens is 1. The van der Waals surface area contributed by atoms with Crippen LogP contribution >= 0.6 is 11.6 Å². The van der Waals surface area contributed by atoms with E-state index in [1.165, 1.54) is 12.8 Å². The highest BCUT2D eigenvalue weighted by Gasteiger charge is 2.16. The highest BCUT2D eigenvalue weighted by Crippen LogP contribution is 2.23. The smallest absolute Gasteiger partial charge is 0.315 e. The Kier molecular flexibility index (Phi) is 7.90. The number of benzene rings is 1. The summed E-state index contributed by atoms with van der Waals surface area (Å²) in [5.74, 6) is 0.401. The standard InChI is InChI=1S/C22H27ClN4O3/c1-15-6-8-19(18(23)12-15)27-20(28)10-11-24-22(29)26-14-16-7-9-21(25-13-16)30-17-4-2-3-5-17/h6-9,12-13,17H,2-5,10-11,14H2,1H3,(H,27,28)(H2,24,26,29). The van der Waals surface area contributed by atoms with E-state index in [4.69, 9.17) is 16.3 Å². The topological polar surface area (TPSA) is 92.4 Å². The van der Waals surface area contributed by atoms with Crippen molar-refractivity contribution in [1.29, 1.82) is 0 Å². The van der Waals surface area contributed by atoms with E-state index in [1.54, 1.807) is 18.3 Å². The van der Waals surface area contributed by atoms with Crippen LogP contribution in [0.3, 0.4) is 0 Å². The molecule has 1 saturated carbocycles. The number of urea groups is 1. The number of ether oxygens (including phenoxy) is 1. The molecule has 0 aliphatic heterocycles. The van der Waals surface area contributed by atoms with Crippen LogP contribution in [0, 0.1) is 6.92 Å². The lowest BCUT2D eigenvalue weighted by Gasteiger charge is -2.12. The molecule has 3 rings (SSSR count). The van der Waals surface area contributed by atoms with E-state index in [0.717, 1.165) is 24.0 Å². The molecule has 3 N–H and O–H groups in total. The van der Waals surface area contributed by atoms with Gasteiger partial charge in [-0.05, 0) is 55.9 Å². The van der Waals surface area contributed by atoms with Crippen LogP contribution < -0.4 is 20.7 Å². The first-order valence-corrected chi connectivity index (χ1v) is 10.6. The molecular formula is C22H27ClN4O3. The molecule has 0 unspecified atom stereocenters. The zero-order chi connectivity index (χ0) is 21.3. The highest BCUT2D eigenvalue weighted by atomic mass is 35.5. The third-order valence-corrected chi connectivity index (χ3v) is 5.19. The molecule has 1 aliphatic carbocycles. The Labute approximate surface area is 181 Å². The molecular weight excluding hydrogens is 404 g/mol. The summed E-state index contributed by atoms with van der Waals surface area (Å²) in [4.78, 5) is 28.2. The number of aromatic nitrogens is 1. The van der Waals surface area contributed by atoms with Crippen molar-refractivity contribution in [2.24, 2.45) is 0 Å². The number of hydrogen-bond donors (Lipinski definition) is 3. The van der Waals surface area contributed by atoms with Crippen molar-refractivity contribution < 1.29 is 14.3 Å². The van der Waals surface area contributed by atoms with Crippen molar-refractivity contribution in [3.05, 3.63) is 52.7 Å². The van der Waals surface area contributed by atoms with Crippen LogP contribution in [-0.2, 0) is 11.3 Å². The van der Waals surface area contributed by atoms with Crippen LogP contribution in [0.25, 0.3) is 0 Å². The number of nitrogens with one attached hydrogen (secondary N) is 3. The number of nitrogens with zero attached hydrogens (tertiary/aromatic N) is 1. The van der Waals surface area contributed by atoms with Gasteiger partial charge in [0.1, 0.15) is 6.10 Å². The molecule has 2 aromatic rings. The van der Waals surface area contributed by atoms with E-state index < -0.39 is 0 Å². The quantitative estimate of drug-likeness (QED) is 0.585. The van der Waals surface area contributed by atoms with E-state index >= 15 is 0 Å². The zero-order valence-corrected chi connectivity index (χ0v) is 17.8. The van der Waals surface area contributed by atoms with Gasteiger partial charge in [0.25, 0.3) is 0 Å². The average Bonchev–Trinajstić information content (AvgIpc) is 3.23. The first kappa shape index (κ1) is 21.9. The Morgan fingerprint density at radius 1 is 1.17 bits per heavy atom. The number of hydrogen-bond acceptors (Lipinski definition) is 4. The van der Waals surface area contributed by atoms with Gasteiger partial charge in [0, 0.05) is 31.8 Å². The van der Waals surface area contributed by atoms with Crippen molar-refractivity contribution in [3.8, 4) is 5.88 Å². The summed E-state index contributed by atoms with van der Waals surface area (Å²) in [6, 6.07) is 8.78. The molecule has 160 valence electrons. The van der Waals surface area contributed by atoms with E-state index in [0.29, 0.717) is 23.1 Å². The minimum atomic E-state index is -0.345. The van der Waals surface area contributed by atoms with Crippen molar-refractivity contribution in [2.75, 3.05) is 11.9 Å². The SMILES string of the molecule is Cc1ccc(NC(=O)CCNC(=O)NCc2ccc(OC3CCCC3)nc2)c(Cl)c1. The molecule has 8 heteroatoms. The molecule has 1 heterocycles. The molecule has 0 radical (unpaired) electrons. The maximum Gasteiger partial charge on any atom is 0.315 e. The van der Waals surface area contributed by atoms with Gasteiger partial charge >= 0.3 is 6.03 Å². The Bertz CT molecular complexity index is 867. The third-order valence-electron chi connectivity index (χ3n) is 4.88. The molecule has 0 saturated heterocycles. The summed E-state index contributed by atoms with van der Waals surface area (Å²) in [5, 5.41) is 8.64. The summed E-state index contributed by atoms with van der Waals surface area (Å²) < 4.78 is 5.83. The van der Waals surface area contributed by atoms with Crippen LogP contribution in [0.2, 0.25) is 5.02 Å². The largest absolute Gasteiger partial charge is 0.474 e. The van der Waals surface area contributed by atoms with Crippen molar-refractivity contribution >= 4 is 29.2 Å². The van der Waals surface area contributed by atoms with Gasteiger partial charge in [0.15, 0.2) is 0 Å². The Hall–Kier alpha value is -2.80. The lowest BCUT2D eigenvalue weighted by molar-refractivity contribution is -0.116. The van der Waals surface area contributed by atoms with Gasteiger partial charge in [-0.3, -0.25) is 4.79 Å². The Morgan fingerprint density at radius 2 is 1.97 bits per heavy atom. The first-order valence-electron chi connectivity index (χ1n) is 10.2. The molecule has 0 atom stereocenters. The van der Waals surface area contributed by atoms with E-state index in [2.05, 4.69) is 20.9 Å². The molecule has 0 bridgehead atoms. The van der Waals surface area contributed by atoms with Gasteiger partial charge in [0.2, 0.25) is 11.8 Å². The minimum Gasteiger partial charge on any atom is -0.474 e. The minimum absolute atomic E-state index is 0.145. The molecule has 30 heavy (non-hydrogen) atoms. The number of carbonyl (C=O) groups excluding carboxylic acids is 2. The molecule has 7 nitrogen and oxygen atoms in total. The van der Waals surface area contributed by atoms with Gasteiger partial charge in [-0.25, -0.2) is 9.78 Å². The van der Waals surface area contributed by atoms with Gasteiger partial charge in [-0.15, -0.1) is 0 Å². The molecule has 1 fully saturated rings. The molecule has 1 aromatic carbocycles. The number of aryl methyl sites for hydroxylation is 1. The molecule has 3 amide bonds. The molecule has 1 aromatic heterocycles. The number of rotatable bonds is 8. The fourth-order valence-corrected chi connectivity index (χ4v) is 3.51. The Balaban J connectivity index is 1.33. The van der Waals surface area contributed by atoms with Crippen LogP contribution in [-0.4, -0.2) is 29.6 Å². The summed E-state index contributed by atoms with van der Waals surface area (Å²) in [7, 11) is 0. The maximum absolute atomic E-state index is 12.0. The van der Waals surface area contributed by atoms with Gasteiger partial charge < -0.3 is 20.7 Å². The fourth-order valence-electron chi connectivity index (χ4n) is 3.23. The number of anilines is 1. The van der Waals surface area contributed by atoms with E-state index in [-0.39, 0.29) is 31.0 Å². The number of pyridine rings is 1. The van der Waals surface area contributed by atoms with Crippen molar-refractivity contribution in [2.45, 2.75) is 51.7 Å². The second-order valence-electron chi connectivity index (χ2n) is 7.42. The number of amides is 3. The molecule has 1 aliphatic rings. The lowest BCUT2D eigenvalue weighted by Crippen LogP contribution is -2.36. The summed E-state index contributed by atoms with van der Waals surface area (Å²) in [5.41, 5.74) is 2.45. The summed E-state index contributed by atoms with van der Waals surface area (Å²) in [6.07, 6.45) is 6.70. The third kappa shape index (κ3) is 6.91. The monoisotopic (exact) mass is 430 g/mol. The second kappa shape index (κ2) is 10.8. The van der Waals surface area contributed by atoms with Gasteiger partial charge in [-0.2, -0.15) is 0 Å². The number of carbonyl (C=O) groups is 2. The van der Waals surface area contributed by atoms with E-state index in [1.807, 2.05) is 25.1 Å². The second-order valence-corrected chi connectivity index (χ2v) is 7.83. The lowest BCUT2D eigenvalue weighted by atomic mass is 10.2. The van der Waals surface area contributed by atoms with Crippen molar-refractivity contribution in [3.63, 3.8) is 0 Å². The maximum atomic E-state index is 12.0. The van der Waals surface area contributed by atoms with Crippen LogP contribution in [0.15, 0.2) is 36.5 Å². The van der Waals surface area contributed by atoms with Crippen LogP contribution in [0.5, 0.6) is 5.88 Å².